The van der Waals surface area contributed by atoms with Crippen LogP contribution >= 0.6 is 0 Å². The number of aromatic nitrogens is 3. The Morgan fingerprint density at radius 2 is 2.10 bits per heavy atom. The lowest BCUT2D eigenvalue weighted by Crippen LogP contribution is -2.42. The van der Waals surface area contributed by atoms with Crippen LogP contribution < -0.4 is 16.0 Å². The normalized spacial score (nSPS) is 14.7. The fourth-order valence-corrected chi connectivity index (χ4v) is 3.39. The second kappa shape index (κ2) is 8.89. The summed E-state index contributed by atoms with van der Waals surface area (Å²) in [6, 6.07) is 7.50. The van der Waals surface area contributed by atoms with Crippen molar-refractivity contribution in [3.8, 4) is 11.3 Å². The number of rotatable bonds is 6. The summed E-state index contributed by atoms with van der Waals surface area (Å²) < 4.78 is 7.31. The molecule has 2 aromatic heterocycles. The Hall–Kier alpha value is -3.17. The highest BCUT2D eigenvalue weighted by Gasteiger charge is 2.12. The molecule has 29 heavy (non-hydrogen) atoms. The van der Waals surface area contributed by atoms with E-state index >= 15 is 0 Å². The van der Waals surface area contributed by atoms with Crippen molar-refractivity contribution < 1.29 is 9.53 Å². The number of imidazole rings is 1. The zero-order valence-corrected chi connectivity index (χ0v) is 16.4. The number of amides is 2. The zero-order chi connectivity index (χ0) is 20.1. The van der Waals surface area contributed by atoms with Crippen LogP contribution in [-0.2, 0) is 4.74 Å². The first-order valence-corrected chi connectivity index (χ1v) is 9.70. The number of morpholine rings is 1. The molecule has 0 bridgehead atoms. The predicted molar refractivity (Wildman–Crippen MR) is 112 cm³/mol. The molecule has 0 radical (unpaired) electrons. The third-order valence-electron chi connectivity index (χ3n) is 4.90. The molecule has 1 aliphatic rings. The molecule has 0 aliphatic carbocycles. The van der Waals surface area contributed by atoms with Crippen molar-refractivity contribution in [1.82, 2.24) is 24.6 Å². The van der Waals surface area contributed by atoms with Gasteiger partial charge in [0.1, 0.15) is 0 Å². The van der Waals surface area contributed by atoms with Gasteiger partial charge in [-0.15, -0.1) is 0 Å². The van der Waals surface area contributed by atoms with E-state index in [1.165, 1.54) is 0 Å². The standard InChI is InChI=1S/C20H25N7O2/c1-21-18-19-24-14-17(27(19)8-6-22-18)15-3-2-4-16(13-15)25-20(28)23-5-7-26-9-11-29-12-10-26/h2-4,6,8,13-14H,5,7,9-12H2,1H3,(H,21,22)(H2,23,25,28). The average Bonchev–Trinajstić information content (AvgIpc) is 3.19. The SMILES string of the molecule is CNc1nccn2c(-c3cccc(NC(=O)NCCN4CCOCC4)c3)cnc12. The van der Waals surface area contributed by atoms with E-state index in [0.29, 0.717) is 12.4 Å². The monoisotopic (exact) mass is 395 g/mol. The summed E-state index contributed by atoms with van der Waals surface area (Å²) in [6.45, 7) is 4.76. The lowest BCUT2D eigenvalue weighted by molar-refractivity contribution is 0.0388. The smallest absolute Gasteiger partial charge is 0.319 e. The Morgan fingerprint density at radius 3 is 2.93 bits per heavy atom. The molecule has 1 aromatic carbocycles. The number of hydrogen-bond donors (Lipinski definition) is 3. The first-order valence-electron chi connectivity index (χ1n) is 9.70. The molecule has 9 heteroatoms. The predicted octanol–water partition coefficient (Wildman–Crippen LogP) is 1.89. The summed E-state index contributed by atoms with van der Waals surface area (Å²) in [5, 5.41) is 8.86. The maximum Gasteiger partial charge on any atom is 0.319 e. The summed E-state index contributed by atoms with van der Waals surface area (Å²) >= 11 is 0. The number of carbonyl (C=O) groups excluding carboxylic acids is 1. The molecule has 3 N–H and O–H groups in total. The van der Waals surface area contributed by atoms with Crippen LogP contribution in [-0.4, -0.2) is 71.7 Å². The van der Waals surface area contributed by atoms with Crippen LogP contribution in [0.4, 0.5) is 16.3 Å². The molecular formula is C20H25N7O2. The molecule has 3 aromatic rings. The van der Waals surface area contributed by atoms with Gasteiger partial charge in [0.2, 0.25) is 0 Å². The number of benzene rings is 1. The van der Waals surface area contributed by atoms with Gasteiger partial charge in [-0.3, -0.25) is 9.30 Å². The van der Waals surface area contributed by atoms with Gasteiger partial charge >= 0.3 is 6.03 Å². The summed E-state index contributed by atoms with van der Waals surface area (Å²) in [5.74, 6) is 0.715. The molecule has 0 saturated carbocycles. The minimum atomic E-state index is -0.213. The van der Waals surface area contributed by atoms with Gasteiger partial charge < -0.3 is 20.7 Å². The lowest BCUT2D eigenvalue weighted by atomic mass is 10.1. The van der Waals surface area contributed by atoms with Gasteiger partial charge in [0.05, 0.1) is 25.1 Å². The fourth-order valence-electron chi connectivity index (χ4n) is 3.39. The molecule has 1 fully saturated rings. The highest BCUT2D eigenvalue weighted by atomic mass is 16.5. The third-order valence-corrected chi connectivity index (χ3v) is 4.90. The number of ether oxygens (including phenoxy) is 1. The number of nitrogens with zero attached hydrogens (tertiary/aromatic N) is 4. The Balaban J connectivity index is 1.40. The van der Waals surface area contributed by atoms with Crippen LogP contribution in [0.2, 0.25) is 0 Å². The highest BCUT2D eigenvalue weighted by Crippen LogP contribution is 2.25. The third kappa shape index (κ3) is 4.47. The molecule has 0 atom stereocenters. The highest BCUT2D eigenvalue weighted by molar-refractivity contribution is 5.90. The van der Waals surface area contributed by atoms with Crippen molar-refractivity contribution in [3.63, 3.8) is 0 Å². The minimum Gasteiger partial charge on any atom is -0.379 e. The number of fused-ring (bicyclic) bond motifs is 1. The number of hydrogen-bond acceptors (Lipinski definition) is 6. The van der Waals surface area contributed by atoms with E-state index in [1.54, 1.807) is 12.4 Å². The minimum absolute atomic E-state index is 0.213. The molecule has 4 rings (SSSR count). The molecule has 1 aliphatic heterocycles. The Bertz CT molecular complexity index is 982. The second-order valence-electron chi connectivity index (χ2n) is 6.78. The Labute approximate surface area is 169 Å². The molecule has 1 saturated heterocycles. The average molecular weight is 395 g/mol. The van der Waals surface area contributed by atoms with Crippen molar-refractivity contribution >= 4 is 23.2 Å². The van der Waals surface area contributed by atoms with Gasteiger partial charge in [0.15, 0.2) is 11.5 Å². The maximum atomic E-state index is 12.2. The number of carbonyl (C=O) groups is 1. The van der Waals surface area contributed by atoms with Crippen LogP contribution in [0.1, 0.15) is 0 Å². The van der Waals surface area contributed by atoms with Crippen molar-refractivity contribution in [1.29, 1.82) is 0 Å². The van der Waals surface area contributed by atoms with E-state index in [4.69, 9.17) is 4.74 Å². The van der Waals surface area contributed by atoms with Gasteiger partial charge in [-0.05, 0) is 12.1 Å². The van der Waals surface area contributed by atoms with Crippen molar-refractivity contribution in [2.24, 2.45) is 0 Å². The first kappa shape index (κ1) is 19.2. The summed E-state index contributed by atoms with van der Waals surface area (Å²) in [5.41, 5.74) is 3.36. The van der Waals surface area contributed by atoms with Gasteiger partial charge in [-0.25, -0.2) is 14.8 Å². The fraction of sp³-hybridized carbons (Fsp3) is 0.350. The van der Waals surface area contributed by atoms with E-state index < -0.39 is 0 Å². The summed E-state index contributed by atoms with van der Waals surface area (Å²) in [6.07, 6.45) is 5.41. The quantitative estimate of drug-likeness (QED) is 0.590. The number of anilines is 2. The summed E-state index contributed by atoms with van der Waals surface area (Å²) in [4.78, 5) is 23.3. The van der Waals surface area contributed by atoms with Crippen LogP contribution in [0.15, 0.2) is 42.9 Å². The Morgan fingerprint density at radius 1 is 1.24 bits per heavy atom. The van der Waals surface area contributed by atoms with Gasteiger partial charge in [-0.1, -0.05) is 12.1 Å². The van der Waals surface area contributed by atoms with Crippen molar-refractivity contribution in [2.75, 3.05) is 57.1 Å². The molecule has 152 valence electrons. The van der Waals surface area contributed by atoms with E-state index in [2.05, 4.69) is 30.8 Å². The molecule has 3 heterocycles. The van der Waals surface area contributed by atoms with E-state index in [-0.39, 0.29) is 6.03 Å². The van der Waals surface area contributed by atoms with Crippen molar-refractivity contribution in [2.45, 2.75) is 0 Å². The van der Waals surface area contributed by atoms with Crippen molar-refractivity contribution in [3.05, 3.63) is 42.9 Å². The molecule has 0 unspecified atom stereocenters. The van der Waals surface area contributed by atoms with E-state index in [0.717, 1.165) is 55.4 Å². The molecule has 0 spiro atoms. The van der Waals surface area contributed by atoms with E-state index in [1.807, 2.05) is 41.9 Å². The van der Waals surface area contributed by atoms with Crippen LogP contribution in [0.5, 0.6) is 0 Å². The van der Waals surface area contributed by atoms with Crippen LogP contribution in [0.3, 0.4) is 0 Å². The largest absolute Gasteiger partial charge is 0.379 e. The maximum absolute atomic E-state index is 12.2. The Kier molecular flexibility index (Phi) is 5.87. The van der Waals surface area contributed by atoms with Gasteiger partial charge in [0, 0.05) is 56.9 Å². The lowest BCUT2D eigenvalue weighted by Gasteiger charge is -2.26. The van der Waals surface area contributed by atoms with Crippen LogP contribution in [0, 0.1) is 0 Å². The number of nitrogens with one attached hydrogen (secondary N) is 3. The van der Waals surface area contributed by atoms with Gasteiger partial charge in [-0.2, -0.15) is 0 Å². The topological polar surface area (TPSA) is 95.8 Å². The van der Waals surface area contributed by atoms with Crippen LogP contribution in [0.25, 0.3) is 16.9 Å². The summed E-state index contributed by atoms with van der Waals surface area (Å²) in [7, 11) is 1.82. The molecule has 2 amide bonds. The van der Waals surface area contributed by atoms with E-state index in [9.17, 15) is 4.79 Å². The molecular weight excluding hydrogens is 370 g/mol. The zero-order valence-electron chi connectivity index (χ0n) is 16.4. The molecule has 9 nitrogen and oxygen atoms in total. The number of urea groups is 1. The second-order valence-corrected chi connectivity index (χ2v) is 6.78. The first-order chi connectivity index (χ1) is 14.2. The van der Waals surface area contributed by atoms with Gasteiger partial charge in [0.25, 0.3) is 0 Å².